The topological polar surface area (TPSA) is 81.8 Å². The average Bonchev–Trinajstić information content (AvgIpc) is 3.15. The van der Waals surface area contributed by atoms with Crippen LogP contribution in [0.5, 0.6) is 0 Å². The molecule has 0 radical (unpaired) electrons. The molecule has 0 saturated carbocycles. The first-order valence-electron chi connectivity index (χ1n) is 9.85. The molecule has 0 saturated heterocycles. The number of carbonyl (C=O) groups excluding carboxylic acids is 1. The summed E-state index contributed by atoms with van der Waals surface area (Å²) in [5.74, 6) is 0.516. The van der Waals surface area contributed by atoms with Gasteiger partial charge < -0.3 is 5.32 Å². The van der Waals surface area contributed by atoms with Crippen molar-refractivity contribution in [3.63, 3.8) is 0 Å². The van der Waals surface area contributed by atoms with Crippen LogP contribution in [-0.2, 0) is 4.79 Å². The Kier molecular flexibility index (Phi) is 6.42. The smallest absolute Gasteiger partial charge is 0.262 e. The summed E-state index contributed by atoms with van der Waals surface area (Å²) in [6.07, 6.45) is 2.59. The van der Waals surface area contributed by atoms with Crippen LogP contribution in [0, 0.1) is 0 Å². The summed E-state index contributed by atoms with van der Waals surface area (Å²) in [5, 5.41) is 7.95. The lowest BCUT2D eigenvalue weighted by Gasteiger charge is -2.19. The van der Waals surface area contributed by atoms with E-state index in [2.05, 4.69) is 29.2 Å². The van der Waals surface area contributed by atoms with E-state index >= 15 is 0 Å². The minimum Gasteiger partial charge on any atom is -0.310 e. The number of rotatable bonds is 7. The van der Waals surface area contributed by atoms with E-state index < -0.39 is 5.25 Å². The third kappa shape index (κ3) is 4.37. The maximum Gasteiger partial charge on any atom is 0.262 e. The Morgan fingerprint density at radius 2 is 1.90 bits per heavy atom. The first-order valence-corrected chi connectivity index (χ1v) is 10.7. The molecule has 3 aromatic rings. The van der Waals surface area contributed by atoms with E-state index in [0.717, 1.165) is 6.42 Å². The number of hydrogen-bond acceptors (Lipinski definition) is 5. The van der Waals surface area contributed by atoms with Crippen LogP contribution >= 0.6 is 11.8 Å². The summed E-state index contributed by atoms with van der Waals surface area (Å²) in [4.78, 5) is 30.4. The summed E-state index contributed by atoms with van der Waals surface area (Å²) < 4.78 is 3.47. The number of nitrogens with zero attached hydrogens (tertiary/aromatic N) is 4. The minimum absolute atomic E-state index is 0.0656. The number of aromatic nitrogens is 4. The van der Waals surface area contributed by atoms with Crippen LogP contribution < -0.4 is 10.9 Å². The largest absolute Gasteiger partial charge is 0.310 e. The maximum atomic E-state index is 12.9. The van der Waals surface area contributed by atoms with Crippen LogP contribution in [0.1, 0.15) is 53.1 Å². The van der Waals surface area contributed by atoms with Crippen LogP contribution in [0.4, 0.5) is 5.82 Å². The van der Waals surface area contributed by atoms with Gasteiger partial charge in [-0.3, -0.25) is 14.2 Å². The number of hydrogen-bond donors (Lipinski definition) is 1. The minimum atomic E-state index is -0.437. The Hall–Kier alpha value is -2.61. The van der Waals surface area contributed by atoms with Crippen LogP contribution in [0.3, 0.4) is 0 Å². The fourth-order valence-electron chi connectivity index (χ4n) is 3.04. The Balaban J connectivity index is 1.87. The van der Waals surface area contributed by atoms with Gasteiger partial charge in [0.25, 0.3) is 5.56 Å². The SMILES string of the molecule is CC[C@H](C)n1nccc1NC(=O)[C@@H](C)Sc1nc2ccccc2c(=O)n1C(C)C. The van der Waals surface area contributed by atoms with Gasteiger partial charge in [0.15, 0.2) is 5.16 Å². The molecule has 0 aliphatic heterocycles. The molecule has 0 fully saturated rings. The van der Waals surface area contributed by atoms with Crippen molar-refractivity contribution in [2.75, 3.05) is 5.32 Å². The highest BCUT2D eigenvalue weighted by molar-refractivity contribution is 8.00. The van der Waals surface area contributed by atoms with Gasteiger partial charge in [-0.05, 0) is 46.2 Å². The summed E-state index contributed by atoms with van der Waals surface area (Å²) in [5.41, 5.74) is 0.551. The van der Waals surface area contributed by atoms with Crippen molar-refractivity contribution < 1.29 is 4.79 Å². The van der Waals surface area contributed by atoms with Crippen molar-refractivity contribution in [2.24, 2.45) is 0 Å². The van der Waals surface area contributed by atoms with Crippen molar-refractivity contribution in [3.8, 4) is 0 Å². The van der Waals surface area contributed by atoms with Crippen molar-refractivity contribution in [1.82, 2.24) is 19.3 Å². The number of anilines is 1. The second-order valence-corrected chi connectivity index (χ2v) is 8.66. The monoisotopic (exact) mass is 413 g/mol. The van der Waals surface area contributed by atoms with Gasteiger partial charge in [-0.15, -0.1) is 0 Å². The molecule has 0 aliphatic rings. The predicted octanol–water partition coefficient (Wildman–Crippen LogP) is 4.26. The van der Waals surface area contributed by atoms with Crippen molar-refractivity contribution >= 4 is 34.4 Å². The summed E-state index contributed by atoms with van der Waals surface area (Å²) in [6, 6.07) is 9.21. The number of carbonyl (C=O) groups is 1. The number of benzene rings is 1. The van der Waals surface area contributed by atoms with Gasteiger partial charge in [-0.25, -0.2) is 9.67 Å². The zero-order valence-electron chi connectivity index (χ0n) is 17.4. The van der Waals surface area contributed by atoms with Gasteiger partial charge in [0.1, 0.15) is 5.82 Å². The third-order valence-corrected chi connectivity index (χ3v) is 5.94. The molecular formula is C21H27N5O2S. The van der Waals surface area contributed by atoms with E-state index in [0.29, 0.717) is 21.9 Å². The van der Waals surface area contributed by atoms with E-state index in [-0.39, 0.29) is 23.6 Å². The number of amides is 1. The molecule has 0 unspecified atom stereocenters. The number of fused-ring (bicyclic) bond motifs is 1. The quantitative estimate of drug-likeness (QED) is 0.462. The number of thioether (sulfide) groups is 1. The average molecular weight is 414 g/mol. The van der Waals surface area contributed by atoms with Crippen LogP contribution in [0.2, 0.25) is 0 Å². The Morgan fingerprint density at radius 3 is 2.59 bits per heavy atom. The first-order chi connectivity index (χ1) is 13.8. The van der Waals surface area contributed by atoms with Gasteiger partial charge in [-0.2, -0.15) is 5.10 Å². The van der Waals surface area contributed by atoms with Crippen LogP contribution in [-0.4, -0.2) is 30.5 Å². The van der Waals surface area contributed by atoms with E-state index in [1.54, 1.807) is 22.9 Å². The highest BCUT2D eigenvalue weighted by Crippen LogP contribution is 2.26. The fourth-order valence-corrected chi connectivity index (χ4v) is 4.08. The molecule has 2 aromatic heterocycles. The second kappa shape index (κ2) is 8.82. The van der Waals surface area contributed by atoms with Gasteiger partial charge in [0.05, 0.1) is 28.4 Å². The third-order valence-electron chi connectivity index (χ3n) is 4.87. The van der Waals surface area contributed by atoms with E-state index in [9.17, 15) is 9.59 Å². The van der Waals surface area contributed by atoms with Crippen LogP contribution in [0.25, 0.3) is 10.9 Å². The second-order valence-electron chi connectivity index (χ2n) is 7.35. The molecule has 1 N–H and O–H groups in total. The lowest BCUT2D eigenvalue weighted by Crippen LogP contribution is -2.28. The molecule has 2 heterocycles. The molecule has 1 amide bonds. The first kappa shape index (κ1) is 21.1. The molecule has 0 aliphatic carbocycles. The molecule has 0 spiro atoms. The maximum absolute atomic E-state index is 12.9. The summed E-state index contributed by atoms with van der Waals surface area (Å²) in [6.45, 7) is 9.83. The van der Waals surface area contributed by atoms with Crippen LogP contribution in [0.15, 0.2) is 46.5 Å². The van der Waals surface area contributed by atoms with Gasteiger partial charge in [0.2, 0.25) is 5.91 Å². The molecule has 2 atom stereocenters. The van der Waals surface area contributed by atoms with Gasteiger partial charge >= 0.3 is 0 Å². The van der Waals surface area contributed by atoms with E-state index in [1.807, 2.05) is 43.7 Å². The summed E-state index contributed by atoms with van der Waals surface area (Å²) in [7, 11) is 0. The lowest BCUT2D eigenvalue weighted by atomic mass is 10.2. The Bertz CT molecular complexity index is 1070. The molecule has 8 heteroatoms. The molecule has 3 rings (SSSR count). The van der Waals surface area contributed by atoms with Crippen molar-refractivity contribution in [3.05, 3.63) is 46.9 Å². The zero-order chi connectivity index (χ0) is 21.1. The fraction of sp³-hybridized carbons (Fsp3) is 0.429. The van der Waals surface area contributed by atoms with Gasteiger partial charge in [0, 0.05) is 12.1 Å². The normalized spacial score (nSPS) is 13.6. The van der Waals surface area contributed by atoms with E-state index in [1.165, 1.54) is 11.8 Å². The Morgan fingerprint density at radius 1 is 1.17 bits per heavy atom. The molecule has 1 aromatic carbocycles. The van der Waals surface area contributed by atoms with Crippen molar-refractivity contribution in [2.45, 2.75) is 63.5 Å². The molecular weight excluding hydrogens is 386 g/mol. The summed E-state index contributed by atoms with van der Waals surface area (Å²) >= 11 is 1.29. The molecule has 7 nitrogen and oxygen atoms in total. The highest BCUT2D eigenvalue weighted by Gasteiger charge is 2.22. The lowest BCUT2D eigenvalue weighted by molar-refractivity contribution is -0.115. The Labute approximate surface area is 174 Å². The number of para-hydroxylation sites is 1. The predicted molar refractivity (Wildman–Crippen MR) is 118 cm³/mol. The standard InChI is InChI=1S/C21H27N5O2S/c1-6-14(4)26-18(11-12-22-26)24-19(27)15(5)29-21-23-17-10-8-7-9-16(17)20(28)25(21)13(2)3/h7-15H,6H2,1-5H3,(H,24,27)/t14-,15+/m0/s1. The van der Waals surface area contributed by atoms with Crippen molar-refractivity contribution in [1.29, 1.82) is 0 Å². The molecule has 154 valence electrons. The van der Waals surface area contributed by atoms with E-state index in [4.69, 9.17) is 0 Å². The van der Waals surface area contributed by atoms with Gasteiger partial charge in [-0.1, -0.05) is 30.8 Å². The zero-order valence-corrected chi connectivity index (χ0v) is 18.2. The molecule has 0 bridgehead atoms. The highest BCUT2D eigenvalue weighted by atomic mass is 32.2. The number of nitrogens with one attached hydrogen (secondary N) is 1. The molecule has 29 heavy (non-hydrogen) atoms.